The van der Waals surface area contributed by atoms with Gasteiger partial charge in [0, 0.05) is 11.1 Å². The van der Waals surface area contributed by atoms with E-state index in [2.05, 4.69) is 10.6 Å². The standard InChI is InChI=1S/C18H11F3N2OS/c19-18(20,21)12-8-4-3-7-11(12)15-13-14(22-17(25)23-15)9-5-1-2-6-10(9)16(13)24/h1-8,15H,(H2,22,23,25). The molecular formula is C18H11F3N2OS. The molecule has 0 bridgehead atoms. The van der Waals surface area contributed by atoms with Gasteiger partial charge in [0.05, 0.1) is 22.9 Å². The average molecular weight is 360 g/mol. The molecule has 2 aromatic rings. The molecule has 0 spiro atoms. The summed E-state index contributed by atoms with van der Waals surface area (Å²) in [7, 11) is 0. The number of ketones is 1. The smallest absolute Gasteiger partial charge is 0.351 e. The molecule has 4 rings (SSSR count). The summed E-state index contributed by atoms with van der Waals surface area (Å²) in [6.07, 6.45) is -4.53. The Balaban J connectivity index is 1.92. The molecule has 2 aliphatic rings. The van der Waals surface area contributed by atoms with Gasteiger partial charge < -0.3 is 10.6 Å². The third-order valence-electron chi connectivity index (χ3n) is 4.33. The van der Waals surface area contributed by atoms with E-state index in [0.29, 0.717) is 16.8 Å². The SMILES string of the molecule is O=C1C2=C(NC(=S)NC2c2ccccc2C(F)(F)F)c2ccccc21. The molecule has 0 saturated carbocycles. The second-order valence-electron chi connectivity index (χ2n) is 5.78. The largest absolute Gasteiger partial charge is 0.416 e. The van der Waals surface area contributed by atoms with Crippen LogP contribution < -0.4 is 10.6 Å². The minimum atomic E-state index is -4.53. The predicted octanol–water partition coefficient (Wildman–Crippen LogP) is 3.83. The zero-order valence-corrected chi connectivity index (χ0v) is 13.5. The van der Waals surface area contributed by atoms with Crippen molar-refractivity contribution in [3.05, 3.63) is 76.4 Å². The van der Waals surface area contributed by atoms with Crippen LogP contribution >= 0.6 is 12.2 Å². The molecule has 1 atom stereocenters. The van der Waals surface area contributed by atoms with E-state index in [0.717, 1.165) is 6.07 Å². The molecule has 2 N–H and O–H groups in total. The topological polar surface area (TPSA) is 41.1 Å². The summed E-state index contributed by atoms with van der Waals surface area (Å²) in [4.78, 5) is 12.8. The maximum absolute atomic E-state index is 13.4. The van der Waals surface area contributed by atoms with Crippen LogP contribution in [0.1, 0.15) is 33.1 Å². The van der Waals surface area contributed by atoms with Crippen LogP contribution in [-0.2, 0) is 6.18 Å². The molecule has 0 saturated heterocycles. The van der Waals surface area contributed by atoms with Crippen LogP contribution in [0.25, 0.3) is 5.70 Å². The van der Waals surface area contributed by atoms with Gasteiger partial charge in [-0.1, -0.05) is 42.5 Å². The second-order valence-corrected chi connectivity index (χ2v) is 6.19. The molecular weight excluding hydrogens is 349 g/mol. The van der Waals surface area contributed by atoms with Crippen LogP contribution in [0.4, 0.5) is 13.2 Å². The monoisotopic (exact) mass is 360 g/mol. The summed E-state index contributed by atoms with van der Waals surface area (Å²) < 4.78 is 40.3. The van der Waals surface area contributed by atoms with Crippen LogP contribution in [-0.4, -0.2) is 10.9 Å². The number of halogens is 3. The highest BCUT2D eigenvalue weighted by Gasteiger charge is 2.42. The molecule has 0 amide bonds. The van der Waals surface area contributed by atoms with Crippen molar-refractivity contribution in [3.63, 3.8) is 0 Å². The maximum Gasteiger partial charge on any atom is 0.416 e. The first-order valence-corrected chi connectivity index (χ1v) is 7.90. The molecule has 126 valence electrons. The summed E-state index contributed by atoms with van der Waals surface area (Å²) in [5.41, 5.74) is 1.04. The Labute approximate surface area is 146 Å². The van der Waals surface area contributed by atoms with Gasteiger partial charge in [-0.05, 0) is 23.8 Å². The fourth-order valence-corrected chi connectivity index (χ4v) is 3.53. The number of carbonyl (C=O) groups is 1. The Morgan fingerprint density at radius 1 is 0.960 bits per heavy atom. The fraction of sp³-hybridized carbons (Fsp3) is 0.111. The van der Waals surface area contributed by atoms with Crippen molar-refractivity contribution in [2.45, 2.75) is 12.2 Å². The lowest BCUT2D eigenvalue weighted by Crippen LogP contribution is -2.43. The Morgan fingerprint density at radius 2 is 1.60 bits per heavy atom. The van der Waals surface area contributed by atoms with E-state index in [1.165, 1.54) is 18.2 Å². The number of benzene rings is 2. The van der Waals surface area contributed by atoms with Gasteiger partial charge >= 0.3 is 6.18 Å². The van der Waals surface area contributed by atoms with E-state index in [-0.39, 0.29) is 22.0 Å². The van der Waals surface area contributed by atoms with Crippen LogP contribution in [0.5, 0.6) is 0 Å². The van der Waals surface area contributed by atoms with Crippen molar-refractivity contribution in [1.82, 2.24) is 10.6 Å². The van der Waals surface area contributed by atoms with Crippen molar-refractivity contribution in [2.75, 3.05) is 0 Å². The number of hydrogen-bond donors (Lipinski definition) is 2. The minimum absolute atomic E-state index is 0.0208. The third kappa shape index (κ3) is 2.42. The molecule has 0 fully saturated rings. The van der Waals surface area contributed by atoms with Gasteiger partial charge in [0.15, 0.2) is 10.9 Å². The number of hydrogen-bond acceptors (Lipinski definition) is 2. The third-order valence-corrected chi connectivity index (χ3v) is 4.55. The predicted molar refractivity (Wildman–Crippen MR) is 90.7 cm³/mol. The van der Waals surface area contributed by atoms with E-state index < -0.39 is 17.8 Å². The number of alkyl halides is 3. The van der Waals surface area contributed by atoms with E-state index in [4.69, 9.17) is 12.2 Å². The molecule has 1 aliphatic carbocycles. The Bertz CT molecular complexity index is 949. The summed E-state index contributed by atoms with van der Waals surface area (Å²) >= 11 is 5.16. The first-order valence-electron chi connectivity index (χ1n) is 7.50. The zero-order chi connectivity index (χ0) is 17.8. The normalized spacial score (nSPS) is 19.2. The van der Waals surface area contributed by atoms with Crippen LogP contribution in [0.15, 0.2) is 54.1 Å². The van der Waals surface area contributed by atoms with Gasteiger partial charge in [-0.2, -0.15) is 13.2 Å². The Morgan fingerprint density at radius 3 is 2.32 bits per heavy atom. The van der Waals surface area contributed by atoms with Crippen molar-refractivity contribution >= 4 is 28.8 Å². The molecule has 3 nitrogen and oxygen atoms in total. The Hall–Kier alpha value is -2.67. The highest BCUT2D eigenvalue weighted by molar-refractivity contribution is 7.80. The van der Waals surface area contributed by atoms with Crippen molar-refractivity contribution in [1.29, 1.82) is 0 Å². The van der Waals surface area contributed by atoms with Gasteiger partial charge in [0.1, 0.15) is 0 Å². The van der Waals surface area contributed by atoms with Crippen LogP contribution in [0.3, 0.4) is 0 Å². The molecule has 1 unspecified atom stereocenters. The first-order chi connectivity index (χ1) is 11.9. The molecule has 1 heterocycles. The second kappa shape index (κ2) is 5.42. The minimum Gasteiger partial charge on any atom is -0.351 e. The van der Waals surface area contributed by atoms with Crippen molar-refractivity contribution in [2.24, 2.45) is 0 Å². The number of nitrogens with one attached hydrogen (secondary N) is 2. The van der Waals surface area contributed by atoms with Gasteiger partial charge in [-0.25, -0.2) is 0 Å². The Kier molecular flexibility index (Phi) is 3.43. The summed E-state index contributed by atoms with van der Waals surface area (Å²) in [6.45, 7) is 0. The quantitative estimate of drug-likeness (QED) is 0.759. The number of rotatable bonds is 1. The van der Waals surface area contributed by atoms with E-state index in [1.807, 2.05) is 0 Å². The van der Waals surface area contributed by atoms with Gasteiger partial charge in [-0.15, -0.1) is 0 Å². The lowest BCUT2D eigenvalue weighted by molar-refractivity contribution is -0.138. The van der Waals surface area contributed by atoms with E-state index >= 15 is 0 Å². The molecule has 2 aromatic carbocycles. The van der Waals surface area contributed by atoms with E-state index in [1.54, 1.807) is 24.3 Å². The highest BCUT2D eigenvalue weighted by atomic mass is 32.1. The van der Waals surface area contributed by atoms with E-state index in [9.17, 15) is 18.0 Å². The number of thiocarbonyl (C=S) groups is 1. The summed E-state index contributed by atoms with van der Waals surface area (Å²) in [5.74, 6) is -0.296. The first kappa shape index (κ1) is 15.8. The molecule has 25 heavy (non-hydrogen) atoms. The zero-order valence-electron chi connectivity index (χ0n) is 12.6. The molecule has 0 aromatic heterocycles. The van der Waals surface area contributed by atoms with Crippen LogP contribution in [0.2, 0.25) is 0 Å². The van der Waals surface area contributed by atoms with Crippen LogP contribution in [0, 0.1) is 0 Å². The number of Topliss-reactive ketones (excluding diaryl/α,β-unsaturated/α-hetero) is 1. The van der Waals surface area contributed by atoms with Gasteiger partial charge in [-0.3, -0.25) is 4.79 Å². The average Bonchev–Trinajstić information content (AvgIpc) is 2.87. The fourth-order valence-electron chi connectivity index (χ4n) is 3.31. The summed E-state index contributed by atoms with van der Waals surface area (Å²) in [5, 5.41) is 5.93. The lowest BCUT2D eigenvalue weighted by Gasteiger charge is -2.30. The maximum atomic E-state index is 13.4. The lowest BCUT2D eigenvalue weighted by atomic mass is 9.91. The number of fused-ring (bicyclic) bond motifs is 2. The summed E-state index contributed by atoms with van der Waals surface area (Å²) in [6, 6.07) is 11.2. The number of carbonyl (C=O) groups excluding carboxylic acids is 1. The van der Waals surface area contributed by atoms with Gasteiger partial charge in [0.2, 0.25) is 0 Å². The molecule has 7 heteroatoms. The van der Waals surface area contributed by atoms with Gasteiger partial charge in [0.25, 0.3) is 0 Å². The van der Waals surface area contributed by atoms with Crippen molar-refractivity contribution in [3.8, 4) is 0 Å². The highest BCUT2D eigenvalue weighted by Crippen LogP contribution is 2.43. The molecule has 0 radical (unpaired) electrons. The molecule has 1 aliphatic heterocycles. The van der Waals surface area contributed by atoms with Crippen molar-refractivity contribution < 1.29 is 18.0 Å².